The van der Waals surface area contributed by atoms with E-state index in [-0.39, 0.29) is 24.1 Å². The van der Waals surface area contributed by atoms with E-state index in [0.717, 1.165) is 23.3 Å². The number of nitrogens with zero attached hydrogens (tertiary/aromatic N) is 2. The van der Waals surface area contributed by atoms with Crippen LogP contribution in [0.3, 0.4) is 0 Å². The summed E-state index contributed by atoms with van der Waals surface area (Å²) in [5.41, 5.74) is 1.98. The number of thiophene rings is 2. The summed E-state index contributed by atoms with van der Waals surface area (Å²) in [5.74, 6) is -0.178. The molecule has 4 rings (SSSR count). The van der Waals surface area contributed by atoms with Gasteiger partial charge in [-0.15, -0.1) is 22.7 Å². The number of fused-ring (bicyclic) bond motifs is 1. The van der Waals surface area contributed by atoms with Crippen LogP contribution in [0.4, 0.5) is 0 Å². The lowest BCUT2D eigenvalue weighted by atomic mass is 10.1. The molecule has 0 saturated heterocycles. The molecular formula is C23H23N3O2S2. The average Bonchev–Trinajstić information content (AvgIpc) is 3.35. The van der Waals surface area contributed by atoms with Crippen molar-refractivity contribution in [2.45, 2.75) is 39.3 Å². The lowest BCUT2D eigenvalue weighted by molar-refractivity contribution is -0.122. The van der Waals surface area contributed by atoms with E-state index in [4.69, 9.17) is 0 Å². The quantitative estimate of drug-likeness (QED) is 0.458. The van der Waals surface area contributed by atoms with E-state index in [1.54, 1.807) is 11.3 Å². The third kappa shape index (κ3) is 4.52. The summed E-state index contributed by atoms with van der Waals surface area (Å²) in [6.07, 6.45) is 3.21. The van der Waals surface area contributed by atoms with Gasteiger partial charge in [-0.05, 0) is 44.4 Å². The summed E-state index contributed by atoms with van der Waals surface area (Å²) < 4.78 is 1.40. The molecule has 0 aliphatic carbocycles. The molecule has 0 unspecified atom stereocenters. The predicted molar refractivity (Wildman–Crippen MR) is 124 cm³/mol. The van der Waals surface area contributed by atoms with Crippen LogP contribution in [0.25, 0.3) is 20.7 Å². The Bertz CT molecular complexity index is 1220. The van der Waals surface area contributed by atoms with E-state index in [0.29, 0.717) is 10.2 Å². The van der Waals surface area contributed by atoms with E-state index in [1.807, 2.05) is 49.6 Å². The van der Waals surface area contributed by atoms with Crippen molar-refractivity contribution in [2.75, 3.05) is 0 Å². The number of aromatic nitrogens is 2. The minimum Gasteiger partial charge on any atom is -0.352 e. The summed E-state index contributed by atoms with van der Waals surface area (Å²) >= 11 is 3.11. The van der Waals surface area contributed by atoms with Crippen molar-refractivity contribution in [1.29, 1.82) is 0 Å². The molecule has 0 radical (unpaired) electrons. The SMILES string of the molecule is Cc1ccc(-c2csc3ncn(CC(=O)N[C@H](C)CCc4ccccc4)c(=O)c23)s1. The topological polar surface area (TPSA) is 64.0 Å². The molecule has 7 heteroatoms. The van der Waals surface area contributed by atoms with Gasteiger partial charge in [0, 0.05) is 26.7 Å². The maximum atomic E-state index is 13.1. The largest absolute Gasteiger partial charge is 0.352 e. The van der Waals surface area contributed by atoms with Crippen LogP contribution in [0.5, 0.6) is 0 Å². The normalized spacial score (nSPS) is 12.2. The first kappa shape index (κ1) is 20.5. The highest BCUT2D eigenvalue weighted by atomic mass is 32.1. The first-order valence-corrected chi connectivity index (χ1v) is 11.6. The Morgan fingerprint density at radius 1 is 1.20 bits per heavy atom. The summed E-state index contributed by atoms with van der Waals surface area (Å²) in [6.45, 7) is 4.00. The van der Waals surface area contributed by atoms with Crippen LogP contribution in [0.1, 0.15) is 23.8 Å². The molecule has 0 bridgehead atoms. The van der Waals surface area contributed by atoms with E-state index in [9.17, 15) is 9.59 Å². The molecule has 1 aromatic carbocycles. The Labute approximate surface area is 183 Å². The fourth-order valence-electron chi connectivity index (χ4n) is 3.42. The standard InChI is InChI=1S/C23H23N3O2S2/c1-15(8-10-17-6-4-3-5-7-17)25-20(27)12-26-14-24-22-21(23(26)28)18(13-29-22)19-11-9-16(2)30-19/h3-7,9,11,13-15H,8,10,12H2,1-2H3,(H,25,27)/t15-/m1/s1. The molecule has 1 N–H and O–H groups in total. The molecular weight excluding hydrogens is 414 g/mol. The summed E-state index contributed by atoms with van der Waals surface area (Å²) in [7, 11) is 0. The molecule has 0 fully saturated rings. The lowest BCUT2D eigenvalue weighted by Crippen LogP contribution is -2.37. The van der Waals surface area contributed by atoms with E-state index in [1.165, 1.54) is 32.7 Å². The Balaban J connectivity index is 1.46. The number of benzene rings is 1. The summed E-state index contributed by atoms with van der Waals surface area (Å²) in [5, 5.41) is 5.56. The van der Waals surface area contributed by atoms with Crippen molar-refractivity contribution >= 4 is 38.8 Å². The van der Waals surface area contributed by atoms with Crippen LogP contribution in [0, 0.1) is 6.92 Å². The zero-order valence-corrected chi connectivity index (χ0v) is 18.6. The minimum atomic E-state index is -0.178. The van der Waals surface area contributed by atoms with Gasteiger partial charge in [0.15, 0.2) is 0 Å². The second kappa shape index (κ2) is 8.93. The Hall–Kier alpha value is -2.77. The molecule has 154 valence electrons. The molecule has 0 aliphatic heterocycles. The number of aryl methyl sites for hydroxylation is 2. The molecule has 30 heavy (non-hydrogen) atoms. The first-order chi connectivity index (χ1) is 14.5. The van der Waals surface area contributed by atoms with Gasteiger partial charge in [0.1, 0.15) is 11.4 Å². The number of carbonyl (C=O) groups excluding carboxylic acids is 1. The molecule has 3 aromatic heterocycles. The van der Waals surface area contributed by atoms with Gasteiger partial charge in [-0.1, -0.05) is 30.3 Å². The van der Waals surface area contributed by atoms with Crippen molar-refractivity contribution in [3.05, 3.63) is 75.0 Å². The molecule has 3 heterocycles. The number of amides is 1. The van der Waals surface area contributed by atoms with E-state index >= 15 is 0 Å². The summed E-state index contributed by atoms with van der Waals surface area (Å²) in [4.78, 5) is 33.0. The van der Waals surface area contributed by atoms with Gasteiger partial charge < -0.3 is 5.32 Å². The van der Waals surface area contributed by atoms with Gasteiger partial charge in [0.2, 0.25) is 5.91 Å². The van der Waals surface area contributed by atoms with Crippen molar-refractivity contribution in [3.8, 4) is 10.4 Å². The number of hydrogen-bond acceptors (Lipinski definition) is 5. The second-order valence-corrected chi connectivity index (χ2v) is 9.56. The first-order valence-electron chi connectivity index (χ1n) is 9.88. The molecule has 1 atom stereocenters. The summed E-state index contributed by atoms with van der Waals surface area (Å²) in [6, 6.07) is 14.3. The lowest BCUT2D eigenvalue weighted by Gasteiger charge is -2.14. The highest BCUT2D eigenvalue weighted by molar-refractivity contribution is 7.19. The number of hydrogen-bond donors (Lipinski definition) is 1. The molecule has 0 saturated carbocycles. The van der Waals surface area contributed by atoms with E-state index in [2.05, 4.69) is 22.4 Å². The van der Waals surface area contributed by atoms with Crippen LogP contribution in [0.2, 0.25) is 0 Å². The monoisotopic (exact) mass is 437 g/mol. The highest BCUT2D eigenvalue weighted by Gasteiger charge is 2.16. The third-order valence-corrected chi connectivity index (χ3v) is 6.92. The van der Waals surface area contributed by atoms with Gasteiger partial charge in [-0.25, -0.2) is 4.98 Å². The smallest absolute Gasteiger partial charge is 0.263 e. The van der Waals surface area contributed by atoms with Gasteiger partial charge in [-0.3, -0.25) is 14.2 Å². The van der Waals surface area contributed by atoms with Crippen molar-refractivity contribution in [3.63, 3.8) is 0 Å². The van der Waals surface area contributed by atoms with Crippen molar-refractivity contribution < 1.29 is 4.79 Å². The Morgan fingerprint density at radius 3 is 2.73 bits per heavy atom. The highest BCUT2D eigenvalue weighted by Crippen LogP contribution is 2.34. The Kier molecular flexibility index (Phi) is 6.11. The van der Waals surface area contributed by atoms with Crippen LogP contribution >= 0.6 is 22.7 Å². The van der Waals surface area contributed by atoms with Crippen LogP contribution < -0.4 is 10.9 Å². The zero-order chi connectivity index (χ0) is 21.1. The number of carbonyl (C=O) groups is 1. The van der Waals surface area contributed by atoms with Crippen molar-refractivity contribution in [2.24, 2.45) is 0 Å². The molecule has 0 aliphatic rings. The maximum absolute atomic E-state index is 13.1. The fourth-order valence-corrected chi connectivity index (χ4v) is 5.28. The zero-order valence-electron chi connectivity index (χ0n) is 16.9. The van der Waals surface area contributed by atoms with Crippen LogP contribution in [-0.4, -0.2) is 21.5 Å². The second-order valence-electron chi connectivity index (χ2n) is 7.41. The van der Waals surface area contributed by atoms with Gasteiger partial charge >= 0.3 is 0 Å². The molecule has 5 nitrogen and oxygen atoms in total. The average molecular weight is 438 g/mol. The molecule has 4 aromatic rings. The van der Waals surface area contributed by atoms with Gasteiger partial charge in [0.05, 0.1) is 11.7 Å². The van der Waals surface area contributed by atoms with E-state index < -0.39 is 0 Å². The van der Waals surface area contributed by atoms with Crippen LogP contribution in [-0.2, 0) is 17.8 Å². The Morgan fingerprint density at radius 2 is 2.00 bits per heavy atom. The number of rotatable bonds is 7. The van der Waals surface area contributed by atoms with Crippen LogP contribution in [0.15, 0.2) is 59.0 Å². The maximum Gasteiger partial charge on any atom is 0.263 e. The number of nitrogens with one attached hydrogen (secondary N) is 1. The third-order valence-electron chi connectivity index (χ3n) is 5.00. The van der Waals surface area contributed by atoms with Gasteiger partial charge in [-0.2, -0.15) is 0 Å². The van der Waals surface area contributed by atoms with Gasteiger partial charge in [0.25, 0.3) is 5.56 Å². The molecule has 0 spiro atoms. The van der Waals surface area contributed by atoms with Crippen molar-refractivity contribution in [1.82, 2.24) is 14.9 Å². The molecule has 1 amide bonds. The predicted octanol–water partition coefficient (Wildman–Crippen LogP) is 4.63. The fraction of sp³-hybridized carbons (Fsp3) is 0.261. The minimum absolute atomic E-state index is 0.0240.